The fourth-order valence-corrected chi connectivity index (χ4v) is 2.22. The van der Waals surface area contributed by atoms with Crippen molar-refractivity contribution >= 4 is 16.9 Å². The van der Waals surface area contributed by atoms with Gasteiger partial charge in [-0.3, -0.25) is 10.5 Å². The Kier molecular flexibility index (Phi) is 3.13. The number of carbonyl (C=O) groups excluding carboxylic acids is 1. The molecular formula is C14H14NO4. The van der Waals surface area contributed by atoms with E-state index in [9.17, 15) is 4.79 Å². The van der Waals surface area contributed by atoms with Crippen molar-refractivity contribution in [1.29, 1.82) is 0 Å². The second-order valence-electron chi connectivity index (χ2n) is 4.54. The zero-order valence-corrected chi connectivity index (χ0v) is 10.3. The molecule has 2 aromatic rings. The van der Waals surface area contributed by atoms with Crippen LogP contribution in [0.25, 0.3) is 11.0 Å². The topological polar surface area (TPSA) is 72.5 Å². The van der Waals surface area contributed by atoms with Crippen molar-refractivity contribution in [3.63, 3.8) is 0 Å². The molecule has 5 nitrogen and oxygen atoms in total. The van der Waals surface area contributed by atoms with E-state index in [0.29, 0.717) is 24.5 Å². The van der Waals surface area contributed by atoms with E-state index in [2.05, 4.69) is 0 Å². The maximum atomic E-state index is 11.0. The van der Waals surface area contributed by atoms with Crippen LogP contribution in [-0.4, -0.2) is 25.2 Å². The van der Waals surface area contributed by atoms with Crippen molar-refractivity contribution in [2.75, 3.05) is 13.2 Å². The number of hydrogen-bond donors (Lipinski definition) is 0. The predicted molar refractivity (Wildman–Crippen MR) is 68.1 cm³/mol. The first-order valence-corrected chi connectivity index (χ1v) is 6.27. The fraction of sp³-hybridized carbons (Fsp3) is 0.357. The quantitative estimate of drug-likeness (QED) is 0.849. The molecule has 1 radical (unpaired) electrons. The number of nitrogens with one attached hydrogen (secondary N) is 1. The van der Waals surface area contributed by atoms with Gasteiger partial charge < -0.3 is 13.9 Å². The molecule has 3 rings (SSSR count). The summed E-state index contributed by atoms with van der Waals surface area (Å²) in [4.78, 5) is 11.0. The van der Waals surface area contributed by atoms with Gasteiger partial charge in [-0.25, -0.2) is 0 Å². The lowest BCUT2D eigenvalue weighted by Crippen LogP contribution is -2.25. The molecule has 0 atom stereocenters. The number of carbonyl (C=O) groups is 1. The number of amides is 1. The average molecular weight is 260 g/mol. The monoisotopic (exact) mass is 260 g/mol. The van der Waals surface area contributed by atoms with E-state index in [4.69, 9.17) is 19.6 Å². The SMILES string of the molecule is [NH]C(=O)c1cc2c(OC3CCOCC3)cccc2o1. The van der Waals surface area contributed by atoms with E-state index in [0.717, 1.165) is 18.2 Å². The van der Waals surface area contributed by atoms with Crippen LogP contribution in [0.15, 0.2) is 28.7 Å². The molecule has 1 aliphatic rings. The number of benzene rings is 1. The Morgan fingerprint density at radius 2 is 2.11 bits per heavy atom. The molecule has 0 saturated carbocycles. The van der Waals surface area contributed by atoms with Crippen LogP contribution in [0.4, 0.5) is 0 Å². The first-order valence-electron chi connectivity index (χ1n) is 6.27. The van der Waals surface area contributed by atoms with Crippen molar-refractivity contribution in [3.8, 4) is 5.75 Å². The van der Waals surface area contributed by atoms with Crippen molar-refractivity contribution < 1.29 is 18.7 Å². The highest BCUT2D eigenvalue weighted by Gasteiger charge is 2.18. The van der Waals surface area contributed by atoms with Gasteiger partial charge in [0.1, 0.15) is 17.4 Å². The molecule has 0 unspecified atom stereocenters. The first kappa shape index (κ1) is 12.0. The lowest BCUT2D eigenvalue weighted by atomic mass is 10.1. The molecule has 1 N–H and O–H groups in total. The van der Waals surface area contributed by atoms with E-state index in [1.807, 2.05) is 12.1 Å². The summed E-state index contributed by atoms with van der Waals surface area (Å²) in [5.41, 5.74) is 7.65. The molecule has 2 heterocycles. The van der Waals surface area contributed by atoms with Gasteiger partial charge in [0.15, 0.2) is 5.76 Å². The number of fused-ring (bicyclic) bond motifs is 1. The first-order chi connectivity index (χ1) is 9.24. The van der Waals surface area contributed by atoms with Gasteiger partial charge >= 0.3 is 5.91 Å². The molecule has 0 bridgehead atoms. The molecule has 99 valence electrons. The summed E-state index contributed by atoms with van der Waals surface area (Å²) in [7, 11) is 0. The summed E-state index contributed by atoms with van der Waals surface area (Å²) < 4.78 is 16.6. The summed E-state index contributed by atoms with van der Waals surface area (Å²) in [6.45, 7) is 1.42. The van der Waals surface area contributed by atoms with Gasteiger partial charge in [0.05, 0.1) is 18.6 Å². The highest BCUT2D eigenvalue weighted by molar-refractivity contribution is 5.96. The molecule has 1 aromatic carbocycles. The van der Waals surface area contributed by atoms with E-state index in [-0.39, 0.29) is 11.9 Å². The highest BCUT2D eigenvalue weighted by Crippen LogP contribution is 2.30. The Balaban J connectivity index is 1.91. The Hall–Kier alpha value is -2.01. The molecule has 19 heavy (non-hydrogen) atoms. The molecule has 1 fully saturated rings. The molecule has 1 amide bonds. The zero-order chi connectivity index (χ0) is 13.2. The Morgan fingerprint density at radius 1 is 1.32 bits per heavy atom. The van der Waals surface area contributed by atoms with Crippen molar-refractivity contribution in [2.24, 2.45) is 0 Å². The van der Waals surface area contributed by atoms with Gasteiger partial charge in [0.25, 0.3) is 0 Å². The van der Waals surface area contributed by atoms with Crippen molar-refractivity contribution in [1.82, 2.24) is 5.73 Å². The summed E-state index contributed by atoms with van der Waals surface area (Å²) in [6.07, 6.45) is 1.85. The second-order valence-corrected chi connectivity index (χ2v) is 4.54. The maximum absolute atomic E-state index is 11.0. The van der Waals surface area contributed by atoms with Crippen LogP contribution in [0.1, 0.15) is 23.4 Å². The normalized spacial score (nSPS) is 16.6. The van der Waals surface area contributed by atoms with Crippen LogP contribution >= 0.6 is 0 Å². The van der Waals surface area contributed by atoms with Crippen molar-refractivity contribution in [3.05, 3.63) is 30.0 Å². The molecule has 5 heteroatoms. The molecular weight excluding hydrogens is 246 g/mol. The summed E-state index contributed by atoms with van der Waals surface area (Å²) in [5, 5.41) is 0.740. The largest absolute Gasteiger partial charge is 0.489 e. The lowest BCUT2D eigenvalue weighted by molar-refractivity contribution is 0.0262. The fourth-order valence-electron chi connectivity index (χ4n) is 2.22. The summed E-state index contributed by atoms with van der Waals surface area (Å²) in [6, 6.07) is 7.00. The van der Waals surface area contributed by atoms with Crippen molar-refractivity contribution in [2.45, 2.75) is 18.9 Å². The Bertz CT molecular complexity index is 599. The number of furan rings is 1. The van der Waals surface area contributed by atoms with Gasteiger partial charge in [0.2, 0.25) is 0 Å². The molecule has 0 aliphatic carbocycles. The predicted octanol–water partition coefficient (Wildman–Crippen LogP) is 2.41. The minimum Gasteiger partial charge on any atom is -0.489 e. The van der Waals surface area contributed by atoms with Gasteiger partial charge in [-0.1, -0.05) is 6.07 Å². The van der Waals surface area contributed by atoms with Crippen LogP contribution < -0.4 is 10.5 Å². The summed E-state index contributed by atoms with van der Waals surface area (Å²) in [5.74, 6) is -0.0908. The molecule has 0 spiro atoms. The smallest absolute Gasteiger partial charge is 0.305 e. The van der Waals surface area contributed by atoms with Crippen LogP contribution in [-0.2, 0) is 4.74 Å². The van der Waals surface area contributed by atoms with Crippen LogP contribution in [0.2, 0.25) is 0 Å². The van der Waals surface area contributed by atoms with Gasteiger partial charge in [-0.05, 0) is 12.1 Å². The Morgan fingerprint density at radius 3 is 2.84 bits per heavy atom. The third-order valence-corrected chi connectivity index (χ3v) is 3.21. The molecule has 1 aromatic heterocycles. The lowest BCUT2D eigenvalue weighted by Gasteiger charge is -2.23. The van der Waals surface area contributed by atoms with Crippen LogP contribution in [0, 0.1) is 0 Å². The minimum atomic E-state index is -0.826. The zero-order valence-electron chi connectivity index (χ0n) is 10.3. The highest BCUT2D eigenvalue weighted by atomic mass is 16.5. The Labute approximate surface area is 110 Å². The minimum absolute atomic E-state index is 0.0398. The maximum Gasteiger partial charge on any atom is 0.305 e. The summed E-state index contributed by atoms with van der Waals surface area (Å²) >= 11 is 0. The van der Waals surface area contributed by atoms with E-state index in [1.54, 1.807) is 12.1 Å². The second kappa shape index (κ2) is 4.93. The molecule has 1 aliphatic heterocycles. The number of hydrogen-bond acceptors (Lipinski definition) is 4. The third-order valence-electron chi connectivity index (χ3n) is 3.21. The van der Waals surface area contributed by atoms with Crippen LogP contribution in [0.3, 0.4) is 0 Å². The molecule has 1 saturated heterocycles. The van der Waals surface area contributed by atoms with Gasteiger partial charge in [0, 0.05) is 18.9 Å². The van der Waals surface area contributed by atoms with E-state index < -0.39 is 5.91 Å². The van der Waals surface area contributed by atoms with Crippen LogP contribution in [0.5, 0.6) is 5.75 Å². The number of rotatable bonds is 3. The van der Waals surface area contributed by atoms with E-state index >= 15 is 0 Å². The standard InChI is InChI=1S/C14H14NO4/c15-14(16)13-8-10-11(2-1-3-12(10)19-13)18-9-4-6-17-7-5-9/h1-3,8-9,15H,4-7H2. The average Bonchev–Trinajstić information content (AvgIpc) is 2.85. The van der Waals surface area contributed by atoms with Gasteiger partial charge in [-0.15, -0.1) is 0 Å². The number of ether oxygens (including phenoxy) is 2. The van der Waals surface area contributed by atoms with Gasteiger partial charge in [-0.2, -0.15) is 0 Å². The third kappa shape index (κ3) is 2.42. The van der Waals surface area contributed by atoms with E-state index in [1.165, 1.54) is 0 Å².